The Morgan fingerprint density at radius 2 is 1.91 bits per heavy atom. The number of hydrogen-bond donors (Lipinski definition) is 5. The first-order chi connectivity index (χ1) is 16.7. The maximum absolute atomic E-state index is 12.9. The molecule has 35 heavy (non-hydrogen) atoms. The quantitative estimate of drug-likeness (QED) is 0.154. The van der Waals surface area contributed by atoms with Gasteiger partial charge in [0.15, 0.2) is 5.96 Å². The summed E-state index contributed by atoms with van der Waals surface area (Å²) in [7, 11) is -4.19. The number of fused-ring (bicyclic) bond motifs is 1. The summed E-state index contributed by atoms with van der Waals surface area (Å²) in [4.78, 5) is 33.3. The molecule has 1 aliphatic heterocycles. The number of nitrogens with zero attached hydrogens (tertiary/aromatic N) is 2. The molecular formula is C22H28N6O6S. The van der Waals surface area contributed by atoms with E-state index in [-0.39, 0.29) is 29.1 Å². The van der Waals surface area contributed by atoms with Crippen molar-refractivity contribution in [2.24, 2.45) is 21.6 Å². The summed E-state index contributed by atoms with van der Waals surface area (Å²) in [6.07, 6.45) is 2.13. The van der Waals surface area contributed by atoms with Crippen molar-refractivity contribution in [3.05, 3.63) is 42.5 Å². The summed E-state index contributed by atoms with van der Waals surface area (Å²) in [5, 5.41) is 16.9. The van der Waals surface area contributed by atoms with E-state index in [0.29, 0.717) is 23.7 Å². The molecule has 0 aromatic heterocycles. The van der Waals surface area contributed by atoms with Gasteiger partial charge in [-0.15, -0.1) is 0 Å². The fourth-order valence-electron chi connectivity index (χ4n) is 3.57. The van der Waals surface area contributed by atoms with Crippen LogP contribution >= 0.6 is 0 Å². The number of carbonyl (C=O) groups is 2. The van der Waals surface area contributed by atoms with Crippen molar-refractivity contribution in [1.29, 1.82) is 0 Å². The lowest BCUT2D eigenvalue weighted by atomic mass is 10.1. The monoisotopic (exact) mass is 504 g/mol. The number of carboxylic acid groups (broad SMARTS) is 1. The van der Waals surface area contributed by atoms with Crippen LogP contribution in [-0.4, -0.2) is 62.3 Å². The highest BCUT2D eigenvalue weighted by Gasteiger charge is 2.30. The molecule has 0 radical (unpaired) electrons. The number of guanidine groups is 1. The third-order valence-electron chi connectivity index (χ3n) is 5.33. The molecular weight excluding hydrogens is 476 g/mol. The molecule has 0 bridgehead atoms. The van der Waals surface area contributed by atoms with E-state index in [1.165, 1.54) is 6.07 Å². The second-order valence-electron chi connectivity index (χ2n) is 7.97. The van der Waals surface area contributed by atoms with Crippen LogP contribution in [0.15, 0.2) is 57.5 Å². The number of nitrogens with one attached hydrogen (secondary N) is 2. The first-order valence-corrected chi connectivity index (χ1v) is 12.4. The average Bonchev–Trinajstić information content (AvgIpc) is 3.29. The average molecular weight is 505 g/mol. The normalized spacial score (nSPS) is 16.2. The molecule has 0 aliphatic carbocycles. The van der Waals surface area contributed by atoms with Gasteiger partial charge in [0.05, 0.1) is 4.90 Å². The summed E-state index contributed by atoms with van der Waals surface area (Å²) in [5.41, 5.74) is 10.6. The number of nitrogens with two attached hydrogens (primary N) is 2. The van der Waals surface area contributed by atoms with Crippen molar-refractivity contribution in [2.45, 2.75) is 42.7 Å². The lowest BCUT2D eigenvalue weighted by molar-refractivity contribution is -0.138. The predicted molar refractivity (Wildman–Crippen MR) is 130 cm³/mol. The molecule has 1 heterocycles. The highest BCUT2D eigenvalue weighted by molar-refractivity contribution is 7.89. The van der Waals surface area contributed by atoms with E-state index in [0.717, 1.165) is 12.8 Å². The zero-order valence-corrected chi connectivity index (χ0v) is 19.7. The zero-order chi connectivity index (χ0) is 25.4. The fourth-order valence-corrected chi connectivity index (χ4v) is 4.99. The third kappa shape index (κ3) is 7.13. The molecule has 13 heteroatoms. The maximum atomic E-state index is 12.9. The van der Waals surface area contributed by atoms with Gasteiger partial charge in [-0.3, -0.25) is 14.6 Å². The molecule has 1 amide bonds. The molecule has 1 unspecified atom stereocenters. The number of sulfonamides is 1. The first-order valence-electron chi connectivity index (χ1n) is 11.0. The number of amides is 1. The minimum Gasteiger partial charge on any atom is -0.480 e. The standard InChI is InChI=1S/C22H28N6O6S/c23-22(24)25-11-4-3-8-15-12-17(27-34-15)20(29)26-13-18(21(30)31)28-35(32,33)19-10-5-7-14-6-1-2-9-16(14)19/h1-2,5-7,9-10,15,18,28H,3-4,8,11-13H2,(H,26,29)(H,30,31)(H4,23,24,25)/t15?,18-/m0/s1. The van der Waals surface area contributed by atoms with Crippen LogP contribution in [0.2, 0.25) is 0 Å². The molecule has 2 atom stereocenters. The third-order valence-corrected chi connectivity index (χ3v) is 6.85. The molecule has 0 fully saturated rings. The van der Waals surface area contributed by atoms with Crippen LogP contribution in [0.1, 0.15) is 25.7 Å². The van der Waals surface area contributed by atoms with Gasteiger partial charge in [0.1, 0.15) is 17.9 Å². The minimum atomic E-state index is -4.19. The zero-order valence-electron chi connectivity index (χ0n) is 18.9. The Bertz CT molecular complexity index is 1240. The topological polar surface area (TPSA) is 199 Å². The predicted octanol–water partition coefficient (Wildman–Crippen LogP) is 0.276. The fraction of sp³-hybridized carbons (Fsp3) is 0.364. The van der Waals surface area contributed by atoms with Crippen LogP contribution in [0.4, 0.5) is 0 Å². The van der Waals surface area contributed by atoms with E-state index >= 15 is 0 Å². The van der Waals surface area contributed by atoms with Crippen molar-refractivity contribution in [3.8, 4) is 0 Å². The number of hydrogen-bond acceptors (Lipinski definition) is 7. The molecule has 0 saturated carbocycles. The number of rotatable bonds is 12. The lowest BCUT2D eigenvalue weighted by Crippen LogP contribution is -2.49. The summed E-state index contributed by atoms with van der Waals surface area (Å²) in [5.74, 6) is -2.02. The van der Waals surface area contributed by atoms with Crippen molar-refractivity contribution in [3.63, 3.8) is 0 Å². The molecule has 1 aliphatic rings. The van der Waals surface area contributed by atoms with Gasteiger partial charge in [-0.1, -0.05) is 41.6 Å². The number of unbranched alkanes of at least 4 members (excludes halogenated alkanes) is 1. The number of oxime groups is 1. The smallest absolute Gasteiger partial charge is 0.323 e. The van der Waals surface area contributed by atoms with Crippen LogP contribution in [0.3, 0.4) is 0 Å². The van der Waals surface area contributed by atoms with Crippen molar-refractivity contribution in [1.82, 2.24) is 10.0 Å². The van der Waals surface area contributed by atoms with E-state index in [2.05, 4.69) is 20.2 Å². The van der Waals surface area contributed by atoms with Gasteiger partial charge in [-0.25, -0.2) is 8.42 Å². The molecule has 188 valence electrons. The van der Waals surface area contributed by atoms with Gasteiger partial charge in [0, 0.05) is 24.9 Å². The van der Waals surface area contributed by atoms with E-state index in [4.69, 9.17) is 16.3 Å². The summed E-state index contributed by atoms with van der Waals surface area (Å²) < 4.78 is 28.0. The van der Waals surface area contributed by atoms with Gasteiger partial charge in [0.2, 0.25) is 10.0 Å². The van der Waals surface area contributed by atoms with Crippen LogP contribution in [0.5, 0.6) is 0 Å². The molecule has 2 aromatic rings. The Labute approximate surface area is 202 Å². The van der Waals surface area contributed by atoms with E-state index < -0.39 is 34.5 Å². The van der Waals surface area contributed by atoms with Crippen LogP contribution in [0.25, 0.3) is 10.8 Å². The number of carboxylic acids is 1. The first kappa shape index (κ1) is 25.9. The maximum Gasteiger partial charge on any atom is 0.323 e. The van der Waals surface area contributed by atoms with E-state index in [1.807, 2.05) is 0 Å². The Morgan fingerprint density at radius 1 is 1.17 bits per heavy atom. The molecule has 3 rings (SSSR count). The number of aliphatic imine (C=N–C) groups is 1. The largest absolute Gasteiger partial charge is 0.480 e. The molecule has 7 N–H and O–H groups in total. The highest BCUT2D eigenvalue weighted by atomic mass is 32.2. The highest BCUT2D eigenvalue weighted by Crippen LogP contribution is 2.23. The number of benzene rings is 2. The SMILES string of the molecule is NC(N)=NCCCCC1CC(C(=O)NC[C@H](NS(=O)(=O)c2cccc3ccccc23)C(=O)O)=NO1. The molecule has 0 saturated heterocycles. The van der Waals surface area contributed by atoms with Crippen molar-refractivity contribution < 1.29 is 28.0 Å². The number of carbonyl (C=O) groups excluding carboxylic acids is 1. The van der Waals surface area contributed by atoms with Crippen LogP contribution in [-0.2, 0) is 24.4 Å². The number of aliphatic carboxylic acids is 1. The van der Waals surface area contributed by atoms with Crippen LogP contribution in [0, 0.1) is 0 Å². The van der Waals surface area contributed by atoms with E-state index in [1.54, 1.807) is 36.4 Å². The Morgan fingerprint density at radius 3 is 2.66 bits per heavy atom. The van der Waals surface area contributed by atoms with Gasteiger partial charge in [-0.2, -0.15) is 4.72 Å². The Balaban J connectivity index is 1.54. The van der Waals surface area contributed by atoms with Gasteiger partial charge in [-0.05, 0) is 30.7 Å². The molecule has 2 aromatic carbocycles. The van der Waals surface area contributed by atoms with Gasteiger partial charge >= 0.3 is 5.97 Å². The second kappa shape index (κ2) is 11.6. The summed E-state index contributed by atoms with van der Waals surface area (Å²) in [6.45, 7) is 0.0227. The van der Waals surface area contributed by atoms with Gasteiger partial charge in [0.25, 0.3) is 5.91 Å². The molecule has 0 spiro atoms. The molecule has 12 nitrogen and oxygen atoms in total. The van der Waals surface area contributed by atoms with Crippen molar-refractivity contribution >= 4 is 44.3 Å². The summed E-state index contributed by atoms with van der Waals surface area (Å²) >= 11 is 0. The Hall–Kier alpha value is -3.71. The Kier molecular flexibility index (Phi) is 8.60. The minimum absolute atomic E-state index is 0.0310. The second-order valence-corrected chi connectivity index (χ2v) is 9.65. The van der Waals surface area contributed by atoms with E-state index in [9.17, 15) is 23.1 Å². The summed E-state index contributed by atoms with van der Waals surface area (Å²) in [6, 6.07) is 9.99. The van der Waals surface area contributed by atoms with Crippen molar-refractivity contribution in [2.75, 3.05) is 13.1 Å². The van der Waals surface area contributed by atoms with Crippen LogP contribution < -0.4 is 21.5 Å². The lowest BCUT2D eigenvalue weighted by Gasteiger charge is -2.16. The van der Waals surface area contributed by atoms with Gasteiger partial charge < -0.3 is 26.7 Å².